The standard InChI is InChI=1S/C15H24N2/c1-16(2)14-10-7-11-15(12-14)17(3)13-8-5-4-6-9-13/h7,10-13H,4-6,8-9H2,1-3H3. The summed E-state index contributed by atoms with van der Waals surface area (Å²) in [6.07, 6.45) is 6.90. The summed E-state index contributed by atoms with van der Waals surface area (Å²) in [5.41, 5.74) is 2.63. The highest BCUT2D eigenvalue weighted by atomic mass is 15.1. The molecule has 1 aliphatic rings. The van der Waals surface area contributed by atoms with E-state index < -0.39 is 0 Å². The van der Waals surface area contributed by atoms with Gasteiger partial charge in [-0.05, 0) is 31.0 Å². The van der Waals surface area contributed by atoms with Crippen LogP contribution in [0.15, 0.2) is 24.3 Å². The predicted octanol–water partition coefficient (Wildman–Crippen LogP) is 3.52. The van der Waals surface area contributed by atoms with Crippen LogP contribution in [-0.4, -0.2) is 27.2 Å². The largest absolute Gasteiger partial charge is 0.378 e. The van der Waals surface area contributed by atoms with Crippen LogP contribution in [0.4, 0.5) is 11.4 Å². The molecule has 0 saturated heterocycles. The highest BCUT2D eigenvalue weighted by Crippen LogP contribution is 2.28. The Morgan fingerprint density at radius 2 is 1.59 bits per heavy atom. The first-order valence-electron chi connectivity index (χ1n) is 6.68. The van der Waals surface area contributed by atoms with Gasteiger partial charge in [0.25, 0.3) is 0 Å². The molecule has 2 heteroatoms. The molecule has 0 unspecified atom stereocenters. The third-order valence-corrected chi connectivity index (χ3v) is 3.88. The van der Waals surface area contributed by atoms with Gasteiger partial charge in [-0.1, -0.05) is 25.3 Å². The van der Waals surface area contributed by atoms with Crippen LogP contribution < -0.4 is 9.80 Å². The summed E-state index contributed by atoms with van der Waals surface area (Å²) in [4.78, 5) is 4.63. The summed E-state index contributed by atoms with van der Waals surface area (Å²) in [5, 5.41) is 0. The van der Waals surface area contributed by atoms with Crippen LogP contribution in [0.1, 0.15) is 32.1 Å². The van der Waals surface area contributed by atoms with Gasteiger partial charge in [-0.3, -0.25) is 0 Å². The second-order valence-electron chi connectivity index (χ2n) is 5.32. The molecule has 0 aromatic heterocycles. The average molecular weight is 232 g/mol. The fraction of sp³-hybridized carbons (Fsp3) is 0.600. The van der Waals surface area contributed by atoms with Crippen LogP contribution in [0.3, 0.4) is 0 Å². The van der Waals surface area contributed by atoms with Crippen LogP contribution in [0.2, 0.25) is 0 Å². The van der Waals surface area contributed by atoms with E-state index in [-0.39, 0.29) is 0 Å². The highest BCUT2D eigenvalue weighted by Gasteiger charge is 2.18. The average Bonchev–Trinajstić information content (AvgIpc) is 2.39. The summed E-state index contributed by atoms with van der Waals surface area (Å²) < 4.78 is 0. The van der Waals surface area contributed by atoms with Crippen molar-refractivity contribution in [3.05, 3.63) is 24.3 Å². The van der Waals surface area contributed by atoms with Crippen molar-refractivity contribution >= 4 is 11.4 Å². The smallest absolute Gasteiger partial charge is 0.0386 e. The van der Waals surface area contributed by atoms with Gasteiger partial charge >= 0.3 is 0 Å². The summed E-state index contributed by atoms with van der Waals surface area (Å²) in [7, 11) is 6.43. The van der Waals surface area contributed by atoms with E-state index in [2.05, 4.69) is 55.2 Å². The van der Waals surface area contributed by atoms with Gasteiger partial charge in [0.1, 0.15) is 0 Å². The lowest BCUT2D eigenvalue weighted by Gasteiger charge is -2.33. The molecule has 0 amide bonds. The molecule has 0 radical (unpaired) electrons. The predicted molar refractivity (Wildman–Crippen MR) is 76.0 cm³/mol. The minimum atomic E-state index is 0.737. The first kappa shape index (κ1) is 12.3. The Hall–Kier alpha value is -1.18. The Labute approximate surface area is 105 Å². The third kappa shape index (κ3) is 2.93. The van der Waals surface area contributed by atoms with Gasteiger partial charge in [-0.25, -0.2) is 0 Å². The van der Waals surface area contributed by atoms with Crippen LogP contribution in [0.25, 0.3) is 0 Å². The van der Waals surface area contributed by atoms with Crippen LogP contribution in [-0.2, 0) is 0 Å². The molecule has 0 heterocycles. The Kier molecular flexibility index (Phi) is 3.93. The van der Waals surface area contributed by atoms with Crippen molar-refractivity contribution in [2.75, 3.05) is 30.9 Å². The molecule has 0 N–H and O–H groups in total. The van der Waals surface area contributed by atoms with E-state index in [0.29, 0.717) is 0 Å². The molecule has 0 bridgehead atoms. The lowest BCUT2D eigenvalue weighted by atomic mass is 9.94. The molecule has 0 aliphatic heterocycles. The summed E-state index contributed by atoms with van der Waals surface area (Å²) in [5.74, 6) is 0. The Morgan fingerprint density at radius 1 is 0.941 bits per heavy atom. The number of anilines is 2. The minimum Gasteiger partial charge on any atom is -0.378 e. The second kappa shape index (κ2) is 5.44. The van der Waals surface area contributed by atoms with Gasteiger partial charge in [-0.2, -0.15) is 0 Å². The zero-order chi connectivity index (χ0) is 12.3. The van der Waals surface area contributed by atoms with Crippen molar-refractivity contribution in [2.45, 2.75) is 38.1 Å². The molecule has 1 aromatic rings. The Bertz CT molecular complexity index is 354. The summed E-state index contributed by atoms with van der Waals surface area (Å²) >= 11 is 0. The third-order valence-electron chi connectivity index (χ3n) is 3.88. The van der Waals surface area contributed by atoms with Crippen LogP contribution in [0.5, 0.6) is 0 Å². The van der Waals surface area contributed by atoms with Gasteiger partial charge in [0.2, 0.25) is 0 Å². The van der Waals surface area contributed by atoms with E-state index in [0.717, 1.165) is 6.04 Å². The van der Waals surface area contributed by atoms with Crippen LogP contribution >= 0.6 is 0 Å². The highest BCUT2D eigenvalue weighted by molar-refractivity contribution is 5.58. The summed E-state index contributed by atoms with van der Waals surface area (Å²) in [6.45, 7) is 0. The molecule has 0 spiro atoms. The van der Waals surface area contributed by atoms with Gasteiger partial charge in [-0.15, -0.1) is 0 Å². The number of hydrogen-bond donors (Lipinski definition) is 0. The van der Waals surface area contributed by atoms with Crippen molar-refractivity contribution in [3.8, 4) is 0 Å². The molecule has 1 aliphatic carbocycles. The maximum absolute atomic E-state index is 2.46. The molecule has 0 atom stereocenters. The molecule has 2 rings (SSSR count). The Balaban J connectivity index is 2.12. The molecular weight excluding hydrogens is 208 g/mol. The number of rotatable bonds is 3. The number of hydrogen-bond acceptors (Lipinski definition) is 2. The molecule has 1 aromatic carbocycles. The van der Waals surface area contributed by atoms with Crippen molar-refractivity contribution < 1.29 is 0 Å². The van der Waals surface area contributed by atoms with E-state index in [9.17, 15) is 0 Å². The molecule has 1 saturated carbocycles. The first-order valence-corrected chi connectivity index (χ1v) is 6.68. The monoisotopic (exact) mass is 232 g/mol. The lowest BCUT2D eigenvalue weighted by molar-refractivity contribution is 0.427. The van der Waals surface area contributed by atoms with Crippen molar-refractivity contribution in [1.29, 1.82) is 0 Å². The van der Waals surface area contributed by atoms with Gasteiger partial charge in [0.15, 0.2) is 0 Å². The molecule has 17 heavy (non-hydrogen) atoms. The molecule has 94 valence electrons. The SMILES string of the molecule is CN(C)c1cccc(N(C)C2CCCCC2)c1. The van der Waals surface area contributed by atoms with Crippen LogP contribution in [0, 0.1) is 0 Å². The zero-order valence-electron chi connectivity index (χ0n) is 11.3. The van der Waals surface area contributed by atoms with Crippen molar-refractivity contribution in [1.82, 2.24) is 0 Å². The van der Waals surface area contributed by atoms with E-state index >= 15 is 0 Å². The van der Waals surface area contributed by atoms with Gasteiger partial charge in [0, 0.05) is 38.6 Å². The second-order valence-corrected chi connectivity index (χ2v) is 5.32. The van der Waals surface area contributed by atoms with Gasteiger partial charge in [0.05, 0.1) is 0 Å². The minimum absolute atomic E-state index is 0.737. The number of benzene rings is 1. The van der Waals surface area contributed by atoms with Crippen molar-refractivity contribution in [3.63, 3.8) is 0 Å². The molecule has 1 fully saturated rings. The molecule has 2 nitrogen and oxygen atoms in total. The quantitative estimate of drug-likeness (QED) is 0.786. The zero-order valence-corrected chi connectivity index (χ0v) is 11.3. The lowest BCUT2D eigenvalue weighted by Crippen LogP contribution is -2.33. The van der Waals surface area contributed by atoms with E-state index in [1.165, 1.54) is 43.5 Å². The topological polar surface area (TPSA) is 6.48 Å². The number of nitrogens with zero attached hydrogens (tertiary/aromatic N) is 2. The first-order chi connectivity index (χ1) is 8.18. The maximum atomic E-state index is 2.46. The molecular formula is C15H24N2. The van der Waals surface area contributed by atoms with E-state index in [1.54, 1.807) is 0 Å². The van der Waals surface area contributed by atoms with Crippen molar-refractivity contribution in [2.24, 2.45) is 0 Å². The van der Waals surface area contributed by atoms with E-state index in [4.69, 9.17) is 0 Å². The van der Waals surface area contributed by atoms with E-state index in [1.807, 2.05) is 0 Å². The van der Waals surface area contributed by atoms with Gasteiger partial charge < -0.3 is 9.80 Å². The normalized spacial score (nSPS) is 16.9. The fourth-order valence-electron chi connectivity index (χ4n) is 2.67. The fourth-order valence-corrected chi connectivity index (χ4v) is 2.67. The Morgan fingerprint density at radius 3 is 2.24 bits per heavy atom. The maximum Gasteiger partial charge on any atom is 0.0386 e. The summed E-state index contributed by atoms with van der Waals surface area (Å²) in [6, 6.07) is 9.57.